The van der Waals surface area contributed by atoms with Crippen LogP contribution < -0.4 is 10.5 Å². The molecule has 0 aliphatic heterocycles. The highest BCUT2D eigenvalue weighted by atomic mass is 32.1. The number of halogens is 1. The third kappa shape index (κ3) is 4.48. The number of aromatic nitrogens is 2. The first-order valence-electron chi connectivity index (χ1n) is 8.73. The fourth-order valence-corrected chi connectivity index (χ4v) is 3.36. The van der Waals surface area contributed by atoms with E-state index in [1.165, 1.54) is 30.6 Å². The van der Waals surface area contributed by atoms with Crippen LogP contribution in [0, 0.1) is 5.82 Å². The molecule has 9 heteroatoms. The lowest BCUT2D eigenvalue weighted by Gasteiger charge is -2.21. The highest BCUT2D eigenvalue weighted by molar-refractivity contribution is 7.13. The van der Waals surface area contributed by atoms with E-state index in [2.05, 4.69) is 5.10 Å². The van der Waals surface area contributed by atoms with Gasteiger partial charge in [0.05, 0.1) is 18.5 Å². The van der Waals surface area contributed by atoms with Crippen LogP contribution in [-0.4, -0.2) is 34.2 Å². The van der Waals surface area contributed by atoms with Gasteiger partial charge in [-0.2, -0.15) is 4.68 Å². The molecule has 0 aliphatic carbocycles. The van der Waals surface area contributed by atoms with Crippen molar-refractivity contribution in [2.24, 2.45) is 0 Å². The van der Waals surface area contributed by atoms with Gasteiger partial charge in [-0.1, -0.05) is 12.1 Å². The van der Waals surface area contributed by atoms with Gasteiger partial charge in [0, 0.05) is 19.5 Å². The Balaban J connectivity index is 1.63. The van der Waals surface area contributed by atoms with Gasteiger partial charge in [0.2, 0.25) is 5.91 Å². The predicted molar refractivity (Wildman–Crippen MR) is 103 cm³/mol. The molecule has 0 unspecified atom stereocenters. The standard InChI is InChI=1S/C19H20FN3O4S/c1-3-22(12-13-6-7-15(26-2)14(20)11-13)17(24)8-9-23-19(25)27-18(21-23)16-5-4-10-28-16/h4-7,10-11H,3,8-9,12H2,1-2H3. The summed E-state index contributed by atoms with van der Waals surface area (Å²) in [6, 6.07) is 8.24. The fourth-order valence-electron chi connectivity index (χ4n) is 2.71. The molecule has 3 rings (SSSR count). The zero-order valence-corrected chi connectivity index (χ0v) is 16.4. The molecule has 28 heavy (non-hydrogen) atoms. The quantitative estimate of drug-likeness (QED) is 0.575. The number of aryl methyl sites for hydroxylation is 1. The molecule has 0 fully saturated rings. The molecule has 2 aromatic heterocycles. The molecule has 0 radical (unpaired) electrons. The van der Waals surface area contributed by atoms with E-state index in [-0.39, 0.29) is 37.1 Å². The van der Waals surface area contributed by atoms with E-state index in [0.29, 0.717) is 12.1 Å². The van der Waals surface area contributed by atoms with Crippen molar-refractivity contribution in [1.82, 2.24) is 14.7 Å². The minimum absolute atomic E-state index is 0.0861. The Morgan fingerprint density at radius 3 is 2.86 bits per heavy atom. The third-order valence-corrected chi connectivity index (χ3v) is 5.06. The van der Waals surface area contributed by atoms with E-state index in [1.807, 2.05) is 18.4 Å². The average Bonchev–Trinajstić information content (AvgIpc) is 3.34. The summed E-state index contributed by atoms with van der Waals surface area (Å²) in [5.41, 5.74) is 0.659. The van der Waals surface area contributed by atoms with E-state index < -0.39 is 11.6 Å². The molecule has 0 N–H and O–H groups in total. The van der Waals surface area contributed by atoms with Crippen LogP contribution in [-0.2, 0) is 17.9 Å². The Morgan fingerprint density at radius 2 is 2.21 bits per heavy atom. The number of hydrogen-bond acceptors (Lipinski definition) is 6. The number of thiophene rings is 1. The monoisotopic (exact) mass is 405 g/mol. The van der Waals surface area contributed by atoms with E-state index >= 15 is 0 Å². The first kappa shape index (κ1) is 19.8. The summed E-state index contributed by atoms with van der Waals surface area (Å²) in [4.78, 5) is 26.8. The lowest BCUT2D eigenvalue weighted by atomic mass is 10.2. The SMILES string of the molecule is CCN(Cc1ccc(OC)c(F)c1)C(=O)CCn1nc(-c2cccs2)oc1=O. The summed E-state index contributed by atoms with van der Waals surface area (Å²) in [5.74, 6) is -0.833. The van der Waals surface area contributed by atoms with Gasteiger partial charge in [-0.15, -0.1) is 16.4 Å². The van der Waals surface area contributed by atoms with Crippen LogP contribution in [0.25, 0.3) is 10.8 Å². The smallest absolute Gasteiger partial charge is 0.437 e. The van der Waals surface area contributed by atoms with Gasteiger partial charge in [-0.05, 0) is 36.1 Å². The summed E-state index contributed by atoms with van der Waals surface area (Å²) < 4.78 is 25.0. The van der Waals surface area contributed by atoms with E-state index in [0.717, 1.165) is 9.56 Å². The summed E-state index contributed by atoms with van der Waals surface area (Å²) in [6.45, 7) is 2.68. The molecule has 0 aliphatic rings. The van der Waals surface area contributed by atoms with Crippen LogP contribution in [0.2, 0.25) is 0 Å². The maximum atomic E-state index is 13.9. The van der Waals surface area contributed by atoms with E-state index in [1.54, 1.807) is 17.0 Å². The molecule has 0 saturated heterocycles. The van der Waals surface area contributed by atoms with Gasteiger partial charge in [-0.3, -0.25) is 4.79 Å². The van der Waals surface area contributed by atoms with Gasteiger partial charge in [-0.25, -0.2) is 9.18 Å². The molecule has 1 aromatic carbocycles. The molecule has 0 bridgehead atoms. The Bertz CT molecular complexity index is 997. The molecule has 148 valence electrons. The van der Waals surface area contributed by atoms with Crippen molar-refractivity contribution in [3.8, 4) is 16.5 Å². The van der Waals surface area contributed by atoms with Crippen LogP contribution in [0.5, 0.6) is 5.75 Å². The summed E-state index contributed by atoms with van der Waals surface area (Å²) in [7, 11) is 1.40. The van der Waals surface area contributed by atoms with Gasteiger partial charge in [0.1, 0.15) is 0 Å². The molecule has 1 amide bonds. The van der Waals surface area contributed by atoms with Crippen LogP contribution in [0.15, 0.2) is 44.9 Å². The van der Waals surface area contributed by atoms with Gasteiger partial charge < -0.3 is 14.1 Å². The summed E-state index contributed by atoms with van der Waals surface area (Å²) in [5, 5.41) is 6.00. The van der Waals surface area contributed by atoms with Crippen molar-refractivity contribution in [2.75, 3.05) is 13.7 Å². The van der Waals surface area contributed by atoms with E-state index in [9.17, 15) is 14.0 Å². The van der Waals surface area contributed by atoms with Gasteiger partial charge in [0.25, 0.3) is 5.89 Å². The Hall–Kier alpha value is -2.94. The Labute approximate surface area is 165 Å². The zero-order chi connectivity index (χ0) is 20.1. The number of ether oxygens (including phenoxy) is 1. The van der Waals surface area contributed by atoms with Crippen LogP contribution in [0.3, 0.4) is 0 Å². The highest BCUT2D eigenvalue weighted by Gasteiger charge is 2.16. The highest BCUT2D eigenvalue weighted by Crippen LogP contribution is 2.21. The van der Waals surface area contributed by atoms with Crippen LogP contribution in [0.1, 0.15) is 18.9 Å². The lowest BCUT2D eigenvalue weighted by molar-refractivity contribution is -0.131. The minimum Gasteiger partial charge on any atom is -0.494 e. The van der Waals surface area contributed by atoms with Crippen LogP contribution >= 0.6 is 11.3 Å². The van der Waals surface area contributed by atoms with Crippen molar-refractivity contribution < 1.29 is 18.3 Å². The third-order valence-electron chi connectivity index (χ3n) is 4.20. The summed E-state index contributed by atoms with van der Waals surface area (Å²) in [6.07, 6.45) is 0.0861. The van der Waals surface area contributed by atoms with Gasteiger partial charge in [0.15, 0.2) is 11.6 Å². The molecule has 0 atom stereocenters. The predicted octanol–water partition coefficient (Wildman–Crippen LogP) is 3.15. The fraction of sp³-hybridized carbons (Fsp3) is 0.316. The molecule has 2 heterocycles. The maximum Gasteiger partial charge on any atom is 0.437 e. The van der Waals surface area contributed by atoms with Crippen LogP contribution in [0.4, 0.5) is 4.39 Å². The number of carbonyl (C=O) groups is 1. The number of carbonyl (C=O) groups excluding carboxylic acids is 1. The number of rotatable bonds is 8. The van der Waals surface area contributed by atoms with E-state index in [4.69, 9.17) is 9.15 Å². The zero-order valence-electron chi connectivity index (χ0n) is 15.6. The average molecular weight is 405 g/mol. The first-order valence-corrected chi connectivity index (χ1v) is 9.61. The number of benzene rings is 1. The number of methoxy groups -OCH3 is 1. The first-order chi connectivity index (χ1) is 13.5. The molecule has 0 spiro atoms. The van der Waals surface area contributed by atoms with Crippen molar-refractivity contribution in [3.05, 3.63) is 57.6 Å². The van der Waals surface area contributed by atoms with Gasteiger partial charge >= 0.3 is 5.76 Å². The normalized spacial score (nSPS) is 10.8. The molecular weight excluding hydrogens is 385 g/mol. The van der Waals surface area contributed by atoms with Crippen molar-refractivity contribution in [3.63, 3.8) is 0 Å². The van der Waals surface area contributed by atoms with Crippen molar-refractivity contribution in [1.29, 1.82) is 0 Å². The molecule has 0 saturated carbocycles. The molecular formula is C19H20FN3O4S. The van der Waals surface area contributed by atoms with Crippen molar-refractivity contribution >= 4 is 17.2 Å². The number of nitrogens with zero attached hydrogens (tertiary/aromatic N) is 3. The number of amides is 1. The second-order valence-corrected chi connectivity index (χ2v) is 6.95. The second-order valence-electron chi connectivity index (χ2n) is 6.00. The topological polar surface area (TPSA) is 77.6 Å². The number of hydrogen-bond donors (Lipinski definition) is 0. The Morgan fingerprint density at radius 1 is 1.39 bits per heavy atom. The summed E-state index contributed by atoms with van der Waals surface area (Å²) >= 11 is 1.41. The van der Waals surface area contributed by atoms with Crippen molar-refractivity contribution in [2.45, 2.75) is 26.4 Å². The minimum atomic E-state index is -0.600. The largest absolute Gasteiger partial charge is 0.494 e. The Kier molecular flexibility index (Phi) is 6.25. The molecule has 7 nitrogen and oxygen atoms in total. The second kappa shape index (κ2) is 8.83. The lowest BCUT2D eigenvalue weighted by Crippen LogP contribution is -2.32. The molecule has 3 aromatic rings. The maximum absolute atomic E-state index is 13.9.